The highest BCUT2D eigenvalue weighted by Crippen LogP contribution is 2.36. The minimum Gasteiger partial charge on any atom is -0.387 e. The van der Waals surface area contributed by atoms with Crippen LogP contribution >= 0.6 is 0 Å². The third-order valence-corrected chi connectivity index (χ3v) is 7.94. The minimum absolute atomic E-state index is 0.0792. The van der Waals surface area contributed by atoms with E-state index in [0.717, 1.165) is 49.6 Å². The number of hydrogen-bond donors (Lipinski definition) is 3. The number of aromatic nitrogens is 2. The summed E-state index contributed by atoms with van der Waals surface area (Å²) in [6.45, 7) is 7.11. The van der Waals surface area contributed by atoms with Gasteiger partial charge in [0.25, 0.3) is 5.56 Å². The van der Waals surface area contributed by atoms with Crippen LogP contribution in [0.2, 0.25) is 0 Å². The molecule has 5 unspecified atom stereocenters. The molecule has 32 heavy (non-hydrogen) atoms. The number of aryl methyl sites for hydroxylation is 1. The van der Waals surface area contributed by atoms with Gasteiger partial charge in [-0.05, 0) is 83.8 Å². The van der Waals surface area contributed by atoms with E-state index in [1.54, 1.807) is 0 Å². The highest BCUT2D eigenvalue weighted by molar-refractivity contribution is 5.80. The van der Waals surface area contributed by atoms with E-state index >= 15 is 0 Å². The Bertz CT molecular complexity index is 1000. The van der Waals surface area contributed by atoms with Crippen LogP contribution in [0.1, 0.15) is 89.3 Å². The molecular weight excluding hydrogens is 398 g/mol. The molecule has 4 N–H and O–H groups in total. The molecule has 1 aliphatic heterocycles. The Hall–Kier alpha value is -2.21. The van der Waals surface area contributed by atoms with Crippen molar-refractivity contribution in [3.8, 4) is 0 Å². The SMILES string of the molecule is CC(CCCc1cccc2nc(C3CCC(C(=N)N)C3)c(=O)[nH]c12)N1C(C)CCCC1C. The smallest absolute Gasteiger partial charge is 0.270 e. The summed E-state index contributed by atoms with van der Waals surface area (Å²) < 4.78 is 0. The summed E-state index contributed by atoms with van der Waals surface area (Å²) in [7, 11) is 0. The van der Waals surface area contributed by atoms with Gasteiger partial charge in [-0.15, -0.1) is 0 Å². The summed E-state index contributed by atoms with van der Waals surface area (Å²) in [6, 6.07) is 8.09. The second kappa shape index (κ2) is 9.74. The Labute approximate surface area is 191 Å². The van der Waals surface area contributed by atoms with E-state index in [1.807, 2.05) is 6.07 Å². The molecule has 2 fully saturated rings. The number of nitrogens with one attached hydrogen (secondary N) is 2. The molecule has 5 atom stereocenters. The first-order chi connectivity index (χ1) is 15.3. The van der Waals surface area contributed by atoms with Gasteiger partial charge in [0.05, 0.1) is 16.9 Å². The lowest BCUT2D eigenvalue weighted by molar-refractivity contribution is 0.0580. The predicted octanol–water partition coefficient (Wildman–Crippen LogP) is 4.72. The van der Waals surface area contributed by atoms with Gasteiger partial charge in [0, 0.05) is 30.0 Å². The quantitative estimate of drug-likeness (QED) is 0.431. The second-order valence-corrected chi connectivity index (χ2v) is 10.2. The van der Waals surface area contributed by atoms with Gasteiger partial charge in [-0.3, -0.25) is 15.1 Å². The molecule has 1 aliphatic carbocycles. The molecule has 6 nitrogen and oxygen atoms in total. The standard InChI is InChI=1S/C26H39N5O/c1-16-7-4-8-17(2)31(16)18(3)9-5-10-19-11-6-12-22-23(19)30-26(32)24(29-22)20-13-14-21(15-20)25(27)28/h6,11-12,16-18,20-21H,4-5,7-10,13-15H2,1-3H3,(H3,27,28)(H,30,32). The Kier molecular flexibility index (Phi) is 6.99. The number of likely N-dealkylation sites (tertiary alicyclic amines) is 1. The first kappa shape index (κ1) is 23.0. The van der Waals surface area contributed by atoms with Crippen LogP contribution in [-0.4, -0.2) is 38.8 Å². The Balaban J connectivity index is 1.45. The molecular formula is C26H39N5O. The third kappa shape index (κ3) is 4.75. The number of hydrogen-bond acceptors (Lipinski definition) is 4. The summed E-state index contributed by atoms with van der Waals surface area (Å²) in [5.74, 6) is 0.403. The maximum Gasteiger partial charge on any atom is 0.270 e. The number of aromatic amines is 1. The molecule has 0 amide bonds. The normalized spacial score (nSPS) is 27.6. The number of piperidine rings is 1. The molecule has 0 spiro atoms. The molecule has 2 heterocycles. The minimum atomic E-state index is -0.0801. The average Bonchev–Trinajstić information content (AvgIpc) is 3.24. The number of para-hydroxylation sites is 1. The molecule has 1 saturated carbocycles. The van der Waals surface area contributed by atoms with Crippen molar-refractivity contribution in [3.63, 3.8) is 0 Å². The molecule has 6 heteroatoms. The first-order valence-corrected chi connectivity index (χ1v) is 12.5. The molecule has 1 saturated heterocycles. The largest absolute Gasteiger partial charge is 0.387 e. The van der Waals surface area contributed by atoms with Gasteiger partial charge < -0.3 is 10.7 Å². The number of rotatable bonds is 7. The van der Waals surface area contributed by atoms with Crippen molar-refractivity contribution in [1.82, 2.24) is 14.9 Å². The molecule has 1 aromatic carbocycles. The van der Waals surface area contributed by atoms with Gasteiger partial charge >= 0.3 is 0 Å². The summed E-state index contributed by atoms with van der Waals surface area (Å²) in [4.78, 5) is 23.5. The van der Waals surface area contributed by atoms with Crippen molar-refractivity contribution < 1.29 is 0 Å². The van der Waals surface area contributed by atoms with Gasteiger partial charge in [-0.1, -0.05) is 18.6 Å². The number of H-pyrrole nitrogens is 1. The monoisotopic (exact) mass is 437 g/mol. The zero-order chi connectivity index (χ0) is 22.8. The van der Waals surface area contributed by atoms with E-state index in [1.165, 1.54) is 24.8 Å². The topological polar surface area (TPSA) is 98.9 Å². The molecule has 0 bridgehead atoms. The van der Waals surface area contributed by atoms with E-state index < -0.39 is 0 Å². The lowest BCUT2D eigenvalue weighted by Crippen LogP contribution is -2.48. The molecule has 0 radical (unpaired) electrons. The highest BCUT2D eigenvalue weighted by atomic mass is 16.1. The van der Waals surface area contributed by atoms with Crippen molar-refractivity contribution >= 4 is 16.9 Å². The third-order valence-electron chi connectivity index (χ3n) is 7.94. The average molecular weight is 438 g/mol. The van der Waals surface area contributed by atoms with E-state index in [4.69, 9.17) is 16.1 Å². The molecule has 174 valence electrons. The lowest BCUT2D eigenvalue weighted by atomic mass is 9.93. The molecule has 1 aromatic heterocycles. The summed E-state index contributed by atoms with van der Waals surface area (Å²) in [6.07, 6.45) is 9.66. The van der Waals surface area contributed by atoms with Crippen LogP contribution in [0.3, 0.4) is 0 Å². The lowest BCUT2D eigenvalue weighted by Gasteiger charge is -2.43. The maximum absolute atomic E-state index is 12.9. The Morgan fingerprint density at radius 1 is 1.25 bits per heavy atom. The van der Waals surface area contributed by atoms with Gasteiger partial charge in [-0.25, -0.2) is 4.98 Å². The van der Waals surface area contributed by atoms with Gasteiger partial charge in [-0.2, -0.15) is 0 Å². The van der Waals surface area contributed by atoms with Crippen LogP contribution in [-0.2, 0) is 6.42 Å². The van der Waals surface area contributed by atoms with Crippen LogP contribution in [0, 0.1) is 11.3 Å². The molecule has 4 rings (SSSR count). The molecule has 2 aromatic rings. The van der Waals surface area contributed by atoms with Crippen LogP contribution in [0.15, 0.2) is 23.0 Å². The van der Waals surface area contributed by atoms with Crippen molar-refractivity contribution in [3.05, 3.63) is 39.8 Å². The van der Waals surface area contributed by atoms with Crippen molar-refractivity contribution in [2.45, 2.75) is 103 Å². The van der Waals surface area contributed by atoms with Crippen molar-refractivity contribution in [1.29, 1.82) is 5.41 Å². The van der Waals surface area contributed by atoms with Crippen LogP contribution < -0.4 is 11.3 Å². The fraction of sp³-hybridized carbons (Fsp3) is 0.654. The van der Waals surface area contributed by atoms with Crippen LogP contribution in [0.25, 0.3) is 11.0 Å². The molecule has 2 aliphatic rings. The zero-order valence-electron chi connectivity index (χ0n) is 19.9. The van der Waals surface area contributed by atoms with E-state index in [9.17, 15) is 4.79 Å². The summed E-state index contributed by atoms with van der Waals surface area (Å²) >= 11 is 0. The zero-order valence-corrected chi connectivity index (χ0v) is 19.9. The maximum atomic E-state index is 12.9. The second-order valence-electron chi connectivity index (χ2n) is 10.2. The van der Waals surface area contributed by atoms with Gasteiger partial charge in [0.2, 0.25) is 0 Å². The first-order valence-electron chi connectivity index (χ1n) is 12.5. The van der Waals surface area contributed by atoms with E-state index in [0.29, 0.717) is 23.8 Å². The summed E-state index contributed by atoms with van der Waals surface area (Å²) in [5, 5.41) is 7.71. The number of nitrogens with zero attached hydrogens (tertiary/aromatic N) is 2. The van der Waals surface area contributed by atoms with Crippen molar-refractivity contribution in [2.24, 2.45) is 11.7 Å². The van der Waals surface area contributed by atoms with Gasteiger partial charge in [0.15, 0.2) is 0 Å². The van der Waals surface area contributed by atoms with Gasteiger partial charge in [0.1, 0.15) is 5.69 Å². The van der Waals surface area contributed by atoms with Crippen molar-refractivity contribution in [2.75, 3.05) is 0 Å². The van der Waals surface area contributed by atoms with Crippen LogP contribution in [0.5, 0.6) is 0 Å². The number of benzene rings is 1. The number of amidine groups is 1. The number of nitrogens with two attached hydrogens (primary N) is 1. The Morgan fingerprint density at radius 2 is 2.00 bits per heavy atom. The fourth-order valence-electron chi connectivity index (χ4n) is 6.23. The van der Waals surface area contributed by atoms with Crippen LogP contribution in [0.4, 0.5) is 0 Å². The number of fused-ring (bicyclic) bond motifs is 1. The Morgan fingerprint density at radius 3 is 2.69 bits per heavy atom. The van der Waals surface area contributed by atoms with E-state index in [-0.39, 0.29) is 23.2 Å². The van der Waals surface area contributed by atoms with E-state index in [2.05, 4.69) is 42.8 Å². The fourth-order valence-corrected chi connectivity index (χ4v) is 6.23. The summed E-state index contributed by atoms with van der Waals surface area (Å²) in [5.41, 5.74) is 9.16. The highest BCUT2D eigenvalue weighted by Gasteiger charge is 2.31. The predicted molar refractivity (Wildman–Crippen MR) is 131 cm³/mol.